The molecule has 2 aromatic rings. The van der Waals surface area contributed by atoms with E-state index in [0.29, 0.717) is 4.68 Å². The molecule has 0 aliphatic carbocycles. The Kier molecular flexibility index (Phi) is 2.84. The van der Waals surface area contributed by atoms with Crippen molar-refractivity contribution >= 4 is 6.09 Å². The largest absolute Gasteiger partial charge is 0.463 e. The van der Waals surface area contributed by atoms with Gasteiger partial charge in [-0.1, -0.05) is 0 Å². The summed E-state index contributed by atoms with van der Waals surface area (Å²) >= 11 is 0. The molecule has 7 heteroatoms. The van der Waals surface area contributed by atoms with Crippen molar-refractivity contribution in [2.24, 2.45) is 0 Å². The molecular formula is C10H8FN3O3. The van der Waals surface area contributed by atoms with Gasteiger partial charge in [0.2, 0.25) is 0 Å². The van der Waals surface area contributed by atoms with Crippen molar-refractivity contribution in [3.05, 3.63) is 47.8 Å². The van der Waals surface area contributed by atoms with Gasteiger partial charge in [-0.2, -0.15) is 9.78 Å². The van der Waals surface area contributed by atoms with E-state index in [0.717, 1.165) is 12.3 Å². The van der Waals surface area contributed by atoms with E-state index in [-0.39, 0.29) is 11.3 Å². The van der Waals surface area contributed by atoms with E-state index in [9.17, 15) is 14.3 Å². The first-order valence-electron chi connectivity index (χ1n) is 4.66. The average Bonchev–Trinajstić information content (AvgIpc) is 2.78. The number of aliphatic hydroxyl groups is 1. The molecule has 0 bridgehead atoms. The van der Waals surface area contributed by atoms with E-state index in [1.807, 2.05) is 0 Å². The monoisotopic (exact) mass is 237 g/mol. The molecule has 1 atom stereocenters. The van der Waals surface area contributed by atoms with Crippen LogP contribution in [0.3, 0.4) is 0 Å². The maximum absolute atomic E-state index is 13.3. The topological polar surface area (TPSA) is 88.2 Å². The first-order valence-corrected chi connectivity index (χ1v) is 4.66. The molecule has 0 aromatic carbocycles. The number of rotatable bonds is 2. The third kappa shape index (κ3) is 2.13. The molecule has 2 N–H and O–H groups in total. The molecule has 0 amide bonds. The van der Waals surface area contributed by atoms with Gasteiger partial charge in [0.1, 0.15) is 11.9 Å². The number of hydrogen-bond acceptors (Lipinski definition) is 4. The van der Waals surface area contributed by atoms with Crippen molar-refractivity contribution in [1.82, 2.24) is 14.8 Å². The maximum Gasteiger partial charge on any atom is 0.432 e. The number of pyridine rings is 1. The molecule has 6 nitrogen and oxygen atoms in total. The molecular weight excluding hydrogens is 229 g/mol. The molecule has 0 fully saturated rings. The highest BCUT2D eigenvalue weighted by Crippen LogP contribution is 2.21. The zero-order valence-corrected chi connectivity index (χ0v) is 8.49. The molecule has 2 aromatic heterocycles. The SMILES string of the molecule is O=C(O)n1ccc(C(O)c2cnccc2F)n1. The van der Waals surface area contributed by atoms with Crippen LogP contribution in [-0.4, -0.2) is 31.1 Å². The van der Waals surface area contributed by atoms with Gasteiger partial charge < -0.3 is 10.2 Å². The van der Waals surface area contributed by atoms with Gasteiger partial charge in [0.05, 0.1) is 5.69 Å². The molecule has 0 radical (unpaired) electrons. The van der Waals surface area contributed by atoms with Gasteiger partial charge >= 0.3 is 6.09 Å². The number of aliphatic hydroxyl groups excluding tert-OH is 1. The smallest absolute Gasteiger partial charge is 0.432 e. The average molecular weight is 237 g/mol. The highest BCUT2D eigenvalue weighted by Gasteiger charge is 2.18. The summed E-state index contributed by atoms with van der Waals surface area (Å²) in [4.78, 5) is 14.3. The van der Waals surface area contributed by atoms with Crippen LogP contribution in [0.5, 0.6) is 0 Å². The Hall–Kier alpha value is -2.28. The number of halogens is 1. The Labute approximate surface area is 95.0 Å². The first kappa shape index (κ1) is 11.2. The standard InChI is InChI=1S/C10H8FN3O3/c11-7-1-3-12-5-6(7)9(15)8-2-4-14(13-8)10(16)17/h1-5,9,15H,(H,16,17). The lowest BCUT2D eigenvalue weighted by molar-refractivity contribution is 0.189. The van der Waals surface area contributed by atoms with Crippen molar-refractivity contribution in [3.8, 4) is 0 Å². The molecule has 1 unspecified atom stereocenters. The van der Waals surface area contributed by atoms with Gasteiger partial charge in [-0.15, -0.1) is 0 Å². The Morgan fingerprint density at radius 3 is 2.82 bits per heavy atom. The van der Waals surface area contributed by atoms with Crippen molar-refractivity contribution < 1.29 is 19.4 Å². The third-order valence-corrected chi connectivity index (χ3v) is 2.18. The van der Waals surface area contributed by atoms with Crippen molar-refractivity contribution in [1.29, 1.82) is 0 Å². The number of nitrogens with zero attached hydrogens (tertiary/aromatic N) is 3. The van der Waals surface area contributed by atoms with E-state index < -0.39 is 18.0 Å². The maximum atomic E-state index is 13.3. The van der Waals surface area contributed by atoms with E-state index in [2.05, 4.69) is 10.1 Å². The molecule has 0 saturated heterocycles. The lowest BCUT2D eigenvalue weighted by Gasteiger charge is -2.07. The van der Waals surface area contributed by atoms with Crippen LogP contribution >= 0.6 is 0 Å². The molecule has 88 valence electrons. The fourth-order valence-electron chi connectivity index (χ4n) is 1.34. The Bertz CT molecular complexity index is 555. The van der Waals surface area contributed by atoms with Gasteiger partial charge in [0, 0.05) is 24.2 Å². The fraction of sp³-hybridized carbons (Fsp3) is 0.100. The molecule has 0 saturated carbocycles. The summed E-state index contributed by atoms with van der Waals surface area (Å²) < 4.78 is 14.0. The summed E-state index contributed by atoms with van der Waals surface area (Å²) in [6, 6.07) is 2.40. The molecule has 0 spiro atoms. The lowest BCUT2D eigenvalue weighted by atomic mass is 10.1. The van der Waals surface area contributed by atoms with Crippen LogP contribution in [0.2, 0.25) is 0 Å². The van der Waals surface area contributed by atoms with Crippen molar-refractivity contribution in [3.63, 3.8) is 0 Å². The van der Waals surface area contributed by atoms with Gasteiger partial charge in [0.25, 0.3) is 0 Å². The molecule has 17 heavy (non-hydrogen) atoms. The quantitative estimate of drug-likeness (QED) is 0.814. The predicted molar refractivity (Wildman–Crippen MR) is 53.9 cm³/mol. The zero-order chi connectivity index (χ0) is 12.4. The first-order chi connectivity index (χ1) is 8.09. The Morgan fingerprint density at radius 2 is 2.24 bits per heavy atom. The van der Waals surface area contributed by atoms with Crippen LogP contribution in [-0.2, 0) is 0 Å². The van der Waals surface area contributed by atoms with Gasteiger partial charge in [-0.05, 0) is 12.1 Å². The molecule has 0 aliphatic heterocycles. The molecule has 2 heterocycles. The summed E-state index contributed by atoms with van der Waals surface area (Å²) in [7, 11) is 0. The van der Waals surface area contributed by atoms with Gasteiger partial charge in [-0.25, -0.2) is 9.18 Å². The van der Waals surface area contributed by atoms with Crippen molar-refractivity contribution in [2.45, 2.75) is 6.10 Å². The highest BCUT2D eigenvalue weighted by atomic mass is 19.1. The van der Waals surface area contributed by atoms with Crippen LogP contribution in [0.25, 0.3) is 0 Å². The lowest BCUT2D eigenvalue weighted by Crippen LogP contribution is -2.10. The van der Waals surface area contributed by atoms with Crippen LogP contribution < -0.4 is 0 Å². The number of carbonyl (C=O) groups is 1. The zero-order valence-electron chi connectivity index (χ0n) is 8.49. The Morgan fingerprint density at radius 1 is 1.47 bits per heavy atom. The van der Waals surface area contributed by atoms with Crippen LogP contribution in [0.15, 0.2) is 30.7 Å². The summed E-state index contributed by atoms with van der Waals surface area (Å²) in [5.41, 5.74) is -0.0116. The van der Waals surface area contributed by atoms with Crippen LogP contribution in [0.1, 0.15) is 17.4 Å². The van der Waals surface area contributed by atoms with Gasteiger partial charge in [0.15, 0.2) is 0 Å². The van der Waals surface area contributed by atoms with E-state index in [4.69, 9.17) is 5.11 Å². The second kappa shape index (κ2) is 4.30. The number of hydrogen-bond donors (Lipinski definition) is 2. The molecule has 2 rings (SSSR count). The summed E-state index contributed by atoms with van der Waals surface area (Å²) in [6.07, 6.45) is 0.954. The van der Waals surface area contributed by atoms with Crippen LogP contribution in [0, 0.1) is 5.82 Å². The minimum absolute atomic E-state index is 0.0410. The highest BCUT2D eigenvalue weighted by molar-refractivity contribution is 5.66. The predicted octanol–water partition coefficient (Wildman–Crippen LogP) is 1.02. The van der Waals surface area contributed by atoms with Crippen molar-refractivity contribution in [2.75, 3.05) is 0 Å². The summed E-state index contributed by atoms with van der Waals surface area (Å²) in [6.45, 7) is 0. The van der Waals surface area contributed by atoms with Gasteiger partial charge in [-0.3, -0.25) is 4.98 Å². The molecule has 0 aliphatic rings. The second-order valence-electron chi connectivity index (χ2n) is 3.27. The number of carboxylic acid groups (broad SMARTS) is 1. The normalized spacial score (nSPS) is 12.4. The second-order valence-corrected chi connectivity index (χ2v) is 3.27. The van der Waals surface area contributed by atoms with E-state index >= 15 is 0 Å². The van der Waals surface area contributed by atoms with E-state index in [1.54, 1.807) is 0 Å². The summed E-state index contributed by atoms with van der Waals surface area (Å²) in [5.74, 6) is -0.627. The fourth-order valence-corrected chi connectivity index (χ4v) is 1.34. The third-order valence-electron chi connectivity index (χ3n) is 2.18. The van der Waals surface area contributed by atoms with Crippen LogP contribution in [0.4, 0.5) is 9.18 Å². The van der Waals surface area contributed by atoms with E-state index in [1.165, 1.54) is 18.5 Å². The minimum Gasteiger partial charge on any atom is -0.463 e. The Balaban J connectivity index is 2.34. The number of aromatic nitrogens is 3. The summed E-state index contributed by atoms with van der Waals surface area (Å²) in [5, 5.41) is 22.1. The minimum atomic E-state index is -1.34.